The quantitative estimate of drug-likeness (QED) is 0.712. The maximum atomic E-state index is 12.4. The van der Waals surface area contributed by atoms with Gasteiger partial charge in [-0.15, -0.1) is 0 Å². The minimum atomic E-state index is -0.0526. The van der Waals surface area contributed by atoms with E-state index in [0.717, 1.165) is 53.6 Å². The summed E-state index contributed by atoms with van der Waals surface area (Å²) in [5.41, 5.74) is 5.71. The highest BCUT2D eigenvalue weighted by Gasteiger charge is 2.19. The first-order chi connectivity index (χ1) is 14.0. The van der Waals surface area contributed by atoms with Gasteiger partial charge in [0, 0.05) is 36.1 Å². The SMILES string of the molecule is Cc1ccc2c(CC(=O)NCc3ccc(C(=O)N4CCCC4)cc3)coc2c1C. The highest BCUT2D eigenvalue weighted by atomic mass is 16.3. The number of furan rings is 1. The predicted octanol–water partition coefficient (Wildman–Crippen LogP) is 4.14. The number of benzene rings is 2. The first kappa shape index (κ1) is 19.2. The molecule has 4 rings (SSSR count). The highest BCUT2D eigenvalue weighted by molar-refractivity contribution is 5.94. The number of rotatable bonds is 5. The number of likely N-dealkylation sites (tertiary alicyclic amines) is 1. The normalized spacial score (nSPS) is 13.8. The molecule has 0 aliphatic carbocycles. The van der Waals surface area contributed by atoms with E-state index in [1.807, 2.05) is 49.1 Å². The van der Waals surface area contributed by atoms with Gasteiger partial charge in [0.2, 0.25) is 5.91 Å². The number of carbonyl (C=O) groups is 2. The molecule has 1 aromatic heterocycles. The Morgan fingerprint density at radius 2 is 1.76 bits per heavy atom. The number of aryl methyl sites for hydroxylation is 2. The third-order valence-corrected chi connectivity index (χ3v) is 5.78. The third kappa shape index (κ3) is 4.04. The second-order valence-corrected chi connectivity index (χ2v) is 7.79. The monoisotopic (exact) mass is 390 g/mol. The molecular formula is C24H26N2O3. The van der Waals surface area contributed by atoms with Gasteiger partial charge in [0.1, 0.15) is 5.58 Å². The number of fused-ring (bicyclic) bond motifs is 1. The lowest BCUT2D eigenvalue weighted by molar-refractivity contribution is -0.120. The molecular weight excluding hydrogens is 364 g/mol. The van der Waals surface area contributed by atoms with Crippen LogP contribution in [0.5, 0.6) is 0 Å². The van der Waals surface area contributed by atoms with Crippen LogP contribution in [-0.4, -0.2) is 29.8 Å². The van der Waals surface area contributed by atoms with E-state index < -0.39 is 0 Å². The van der Waals surface area contributed by atoms with Crippen LogP contribution < -0.4 is 5.32 Å². The van der Waals surface area contributed by atoms with Gasteiger partial charge in [0.15, 0.2) is 0 Å². The summed E-state index contributed by atoms with van der Waals surface area (Å²) < 4.78 is 5.69. The summed E-state index contributed by atoms with van der Waals surface area (Å²) in [6, 6.07) is 11.6. The van der Waals surface area contributed by atoms with Crippen molar-refractivity contribution in [2.75, 3.05) is 13.1 Å². The van der Waals surface area contributed by atoms with Crippen LogP contribution in [0.2, 0.25) is 0 Å². The summed E-state index contributed by atoms with van der Waals surface area (Å²) in [5, 5.41) is 3.95. The maximum Gasteiger partial charge on any atom is 0.253 e. The van der Waals surface area contributed by atoms with Crippen molar-refractivity contribution in [2.24, 2.45) is 0 Å². The Hall–Kier alpha value is -3.08. The average Bonchev–Trinajstić information content (AvgIpc) is 3.40. The van der Waals surface area contributed by atoms with E-state index in [2.05, 4.69) is 11.4 Å². The topological polar surface area (TPSA) is 62.6 Å². The Kier molecular flexibility index (Phi) is 5.38. The van der Waals surface area contributed by atoms with Gasteiger partial charge in [-0.05, 0) is 55.5 Å². The van der Waals surface area contributed by atoms with E-state index in [9.17, 15) is 9.59 Å². The zero-order valence-electron chi connectivity index (χ0n) is 17.0. The van der Waals surface area contributed by atoms with E-state index in [1.165, 1.54) is 5.56 Å². The first-order valence-electron chi connectivity index (χ1n) is 10.1. The van der Waals surface area contributed by atoms with Crippen molar-refractivity contribution in [1.29, 1.82) is 0 Å². The van der Waals surface area contributed by atoms with Crippen molar-refractivity contribution in [1.82, 2.24) is 10.2 Å². The number of hydrogen-bond acceptors (Lipinski definition) is 3. The zero-order chi connectivity index (χ0) is 20.4. The number of nitrogens with one attached hydrogen (secondary N) is 1. The molecule has 1 fully saturated rings. The van der Waals surface area contributed by atoms with Gasteiger partial charge < -0.3 is 14.6 Å². The summed E-state index contributed by atoms with van der Waals surface area (Å²) in [6.45, 7) is 6.21. The molecule has 5 heteroatoms. The van der Waals surface area contributed by atoms with Crippen LogP contribution in [0.15, 0.2) is 47.1 Å². The molecule has 0 spiro atoms. The second kappa shape index (κ2) is 8.11. The largest absolute Gasteiger partial charge is 0.464 e. The van der Waals surface area contributed by atoms with Crippen LogP contribution in [0.1, 0.15) is 45.5 Å². The van der Waals surface area contributed by atoms with Gasteiger partial charge in [-0.3, -0.25) is 9.59 Å². The summed E-state index contributed by atoms with van der Waals surface area (Å²) in [6.07, 6.45) is 4.12. The summed E-state index contributed by atoms with van der Waals surface area (Å²) in [4.78, 5) is 26.7. The Morgan fingerprint density at radius 1 is 1.03 bits per heavy atom. The molecule has 2 aromatic carbocycles. The fraction of sp³-hybridized carbons (Fsp3) is 0.333. The third-order valence-electron chi connectivity index (χ3n) is 5.78. The molecule has 0 unspecified atom stereocenters. The molecule has 0 bridgehead atoms. The standard InChI is InChI=1S/C24H26N2O3/c1-16-5-10-21-20(15-29-23(21)17(16)2)13-22(27)25-14-18-6-8-19(9-7-18)24(28)26-11-3-4-12-26/h5-10,15H,3-4,11-14H2,1-2H3,(H,25,27). The van der Waals surface area contributed by atoms with Gasteiger partial charge in [-0.1, -0.05) is 24.3 Å². The Labute approximate surface area is 170 Å². The molecule has 3 aromatic rings. The smallest absolute Gasteiger partial charge is 0.253 e. The molecule has 2 amide bonds. The van der Waals surface area contributed by atoms with Crippen LogP contribution >= 0.6 is 0 Å². The van der Waals surface area contributed by atoms with Gasteiger partial charge in [-0.25, -0.2) is 0 Å². The van der Waals surface area contributed by atoms with Crippen molar-refractivity contribution < 1.29 is 14.0 Å². The van der Waals surface area contributed by atoms with Crippen LogP contribution in [-0.2, 0) is 17.8 Å². The number of nitrogens with zero attached hydrogens (tertiary/aromatic N) is 1. The van der Waals surface area contributed by atoms with Gasteiger partial charge in [0.05, 0.1) is 12.7 Å². The van der Waals surface area contributed by atoms with Gasteiger partial charge in [-0.2, -0.15) is 0 Å². The van der Waals surface area contributed by atoms with Crippen LogP contribution in [0.25, 0.3) is 11.0 Å². The zero-order valence-corrected chi connectivity index (χ0v) is 17.0. The minimum absolute atomic E-state index is 0.0526. The molecule has 29 heavy (non-hydrogen) atoms. The molecule has 2 heterocycles. The summed E-state index contributed by atoms with van der Waals surface area (Å²) in [7, 11) is 0. The molecule has 0 saturated carbocycles. The van der Waals surface area contributed by atoms with E-state index >= 15 is 0 Å². The molecule has 0 atom stereocenters. The molecule has 1 N–H and O–H groups in total. The lowest BCUT2D eigenvalue weighted by Gasteiger charge is -2.15. The fourth-order valence-corrected chi connectivity index (χ4v) is 3.83. The second-order valence-electron chi connectivity index (χ2n) is 7.79. The lowest BCUT2D eigenvalue weighted by atomic mass is 10.0. The van der Waals surface area contributed by atoms with Gasteiger partial charge in [0.25, 0.3) is 5.91 Å². The number of carbonyl (C=O) groups excluding carboxylic acids is 2. The Bertz CT molecular complexity index is 1040. The summed E-state index contributed by atoms with van der Waals surface area (Å²) >= 11 is 0. The van der Waals surface area contributed by atoms with Crippen molar-refractivity contribution >= 4 is 22.8 Å². The predicted molar refractivity (Wildman–Crippen MR) is 113 cm³/mol. The highest BCUT2D eigenvalue weighted by Crippen LogP contribution is 2.26. The van der Waals surface area contributed by atoms with E-state index in [4.69, 9.17) is 4.42 Å². The lowest BCUT2D eigenvalue weighted by Crippen LogP contribution is -2.27. The molecule has 5 nitrogen and oxygen atoms in total. The van der Waals surface area contributed by atoms with Crippen molar-refractivity contribution in [3.63, 3.8) is 0 Å². The van der Waals surface area contributed by atoms with Crippen molar-refractivity contribution in [3.05, 3.63) is 70.5 Å². The van der Waals surface area contributed by atoms with Crippen LogP contribution in [0, 0.1) is 13.8 Å². The van der Waals surface area contributed by atoms with Crippen LogP contribution in [0.4, 0.5) is 0 Å². The average molecular weight is 390 g/mol. The Balaban J connectivity index is 1.35. The minimum Gasteiger partial charge on any atom is -0.464 e. The molecule has 1 aliphatic heterocycles. The molecule has 150 valence electrons. The summed E-state index contributed by atoms with van der Waals surface area (Å²) in [5.74, 6) is 0.0404. The maximum absolute atomic E-state index is 12.4. The van der Waals surface area contributed by atoms with Gasteiger partial charge >= 0.3 is 0 Å². The fourth-order valence-electron chi connectivity index (χ4n) is 3.83. The Morgan fingerprint density at radius 3 is 2.48 bits per heavy atom. The molecule has 1 aliphatic rings. The number of amides is 2. The van der Waals surface area contributed by atoms with Crippen molar-refractivity contribution in [3.8, 4) is 0 Å². The molecule has 0 radical (unpaired) electrons. The van der Waals surface area contributed by atoms with E-state index in [0.29, 0.717) is 12.1 Å². The molecule has 1 saturated heterocycles. The van der Waals surface area contributed by atoms with Crippen LogP contribution in [0.3, 0.4) is 0 Å². The van der Waals surface area contributed by atoms with E-state index in [1.54, 1.807) is 6.26 Å². The van der Waals surface area contributed by atoms with E-state index in [-0.39, 0.29) is 18.2 Å². The first-order valence-corrected chi connectivity index (χ1v) is 10.1. The van der Waals surface area contributed by atoms with Crippen molar-refractivity contribution in [2.45, 2.75) is 39.7 Å². The number of hydrogen-bond donors (Lipinski definition) is 1.